The number of carbonyl (C=O) groups is 1. The number of aromatic carboxylic acids is 1. The van der Waals surface area contributed by atoms with Crippen LogP contribution >= 0.6 is 11.6 Å². The Morgan fingerprint density at radius 3 is 2.94 bits per heavy atom. The molecule has 0 bridgehead atoms. The van der Waals surface area contributed by atoms with Crippen LogP contribution in [0.2, 0.25) is 5.15 Å². The Labute approximate surface area is 105 Å². The maximum absolute atomic E-state index is 11.0. The van der Waals surface area contributed by atoms with Gasteiger partial charge in [-0.3, -0.25) is 0 Å². The fourth-order valence-corrected chi connectivity index (χ4v) is 1.52. The molecule has 0 saturated carbocycles. The zero-order valence-corrected chi connectivity index (χ0v) is 10.2. The van der Waals surface area contributed by atoms with Crippen molar-refractivity contribution in [3.63, 3.8) is 0 Å². The standard InChI is InChI=1S/C12H13ClN2O2/c1-3-5-8(4-2)14-11-9(12(16)17)6-7-10(13)15-11/h2,6-8H,3,5H2,1H3,(H,14,15)(H,16,17). The van der Waals surface area contributed by atoms with Crippen LogP contribution in [0.5, 0.6) is 0 Å². The Balaban J connectivity index is 2.99. The van der Waals surface area contributed by atoms with Gasteiger partial charge in [0.25, 0.3) is 0 Å². The molecule has 1 atom stereocenters. The van der Waals surface area contributed by atoms with Gasteiger partial charge in [0.2, 0.25) is 0 Å². The van der Waals surface area contributed by atoms with E-state index in [1.54, 1.807) is 0 Å². The lowest BCUT2D eigenvalue weighted by Crippen LogP contribution is -2.20. The van der Waals surface area contributed by atoms with Crippen LogP contribution < -0.4 is 5.32 Å². The summed E-state index contributed by atoms with van der Waals surface area (Å²) in [6.45, 7) is 2.00. The summed E-state index contributed by atoms with van der Waals surface area (Å²) in [5.41, 5.74) is 0.0609. The number of pyridine rings is 1. The van der Waals surface area contributed by atoms with Gasteiger partial charge in [-0.2, -0.15) is 0 Å². The average molecular weight is 253 g/mol. The van der Waals surface area contributed by atoms with E-state index in [1.165, 1.54) is 12.1 Å². The molecule has 1 aromatic rings. The number of hydrogen-bond donors (Lipinski definition) is 2. The molecular weight excluding hydrogens is 240 g/mol. The van der Waals surface area contributed by atoms with Crippen LogP contribution in [-0.2, 0) is 0 Å². The van der Waals surface area contributed by atoms with Crippen LogP contribution in [-0.4, -0.2) is 22.1 Å². The van der Waals surface area contributed by atoms with Crippen molar-refractivity contribution < 1.29 is 9.90 Å². The first-order chi connectivity index (χ1) is 8.08. The molecule has 0 aromatic carbocycles. The summed E-state index contributed by atoms with van der Waals surface area (Å²) in [6, 6.07) is 2.59. The van der Waals surface area contributed by atoms with Gasteiger partial charge in [0, 0.05) is 0 Å². The van der Waals surface area contributed by atoms with Crippen molar-refractivity contribution in [3.05, 3.63) is 22.8 Å². The van der Waals surface area contributed by atoms with Crippen molar-refractivity contribution in [2.75, 3.05) is 5.32 Å². The average Bonchev–Trinajstić information content (AvgIpc) is 2.28. The molecule has 0 radical (unpaired) electrons. The third-order valence-corrected chi connectivity index (χ3v) is 2.39. The molecule has 90 valence electrons. The van der Waals surface area contributed by atoms with Crippen LogP contribution in [0.3, 0.4) is 0 Å². The van der Waals surface area contributed by atoms with E-state index < -0.39 is 5.97 Å². The SMILES string of the molecule is C#CC(CCC)Nc1nc(Cl)ccc1C(=O)O. The third kappa shape index (κ3) is 3.65. The maximum Gasteiger partial charge on any atom is 0.339 e. The number of carboxylic acids is 1. The minimum absolute atomic E-state index is 0.0609. The molecule has 1 aromatic heterocycles. The van der Waals surface area contributed by atoms with Crippen molar-refractivity contribution >= 4 is 23.4 Å². The number of carboxylic acid groups (broad SMARTS) is 1. The maximum atomic E-state index is 11.0. The van der Waals surface area contributed by atoms with Crippen molar-refractivity contribution in [2.24, 2.45) is 0 Å². The second kappa shape index (κ2) is 6.12. The molecule has 1 unspecified atom stereocenters. The predicted molar refractivity (Wildman–Crippen MR) is 67.4 cm³/mol. The summed E-state index contributed by atoms with van der Waals surface area (Å²) in [5, 5.41) is 12.1. The molecule has 1 heterocycles. The van der Waals surface area contributed by atoms with E-state index >= 15 is 0 Å². The first-order valence-corrected chi connectivity index (χ1v) is 5.58. The molecule has 0 spiro atoms. The lowest BCUT2D eigenvalue weighted by molar-refractivity contribution is 0.0697. The second-order valence-corrected chi connectivity index (χ2v) is 3.87. The Morgan fingerprint density at radius 1 is 1.71 bits per heavy atom. The lowest BCUT2D eigenvalue weighted by Gasteiger charge is -2.14. The van der Waals surface area contributed by atoms with E-state index in [-0.39, 0.29) is 22.6 Å². The van der Waals surface area contributed by atoms with Crippen molar-refractivity contribution in [2.45, 2.75) is 25.8 Å². The highest BCUT2D eigenvalue weighted by Crippen LogP contribution is 2.18. The normalized spacial score (nSPS) is 11.6. The monoisotopic (exact) mass is 252 g/mol. The summed E-state index contributed by atoms with van der Waals surface area (Å²) in [6.07, 6.45) is 6.98. The van der Waals surface area contributed by atoms with Gasteiger partial charge in [0.05, 0.1) is 6.04 Å². The smallest absolute Gasteiger partial charge is 0.339 e. The van der Waals surface area contributed by atoms with Crippen LogP contribution in [0.1, 0.15) is 30.1 Å². The molecule has 0 aliphatic rings. The molecule has 0 fully saturated rings. The molecule has 2 N–H and O–H groups in total. The number of nitrogens with one attached hydrogen (secondary N) is 1. The van der Waals surface area contributed by atoms with E-state index in [1.807, 2.05) is 6.92 Å². The Morgan fingerprint density at radius 2 is 2.41 bits per heavy atom. The predicted octanol–water partition coefficient (Wildman–Crippen LogP) is 2.65. The Hall–Kier alpha value is -1.73. The highest BCUT2D eigenvalue weighted by atomic mass is 35.5. The van der Waals surface area contributed by atoms with E-state index in [0.717, 1.165) is 12.8 Å². The van der Waals surface area contributed by atoms with Gasteiger partial charge in [-0.15, -0.1) is 6.42 Å². The summed E-state index contributed by atoms with van der Waals surface area (Å²) < 4.78 is 0. The summed E-state index contributed by atoms with van der Waals surface area (Å²) in [7, 11) is 0. The van der Waals surface area contributed by atoms with Gasteiger partial charge in [-0.25, -0.2) is 9.78 Å². The molecule has 0 aliphatic heterocycles. The quantitative estimate of drug-likeness (QED) is 0.625. The summed E-state index contributed by atoms with van der Waals surface area (Å²) >= 11 is 5.73. The van der Waals surface area contributed by atoms with E-state index in [0.29, 0.717) is 0 Å². The van der Waals surface area contributed by atoms with Gasteiger partial charge < -0.3 is 10.4 Å². The van der Waals surface area contributed by atoms with Crippen LogP contribution in [0, 0.1) is 12.3 Å². The van der Waals surface area contributed by atoms with E-state index in [9.17, 15) is 4.79 Å². The number of aromatic nitrogens is 1. The number of anilines is 1. The molecular formula is C12H13ClN2O2. The molecule has 4 nitrogen and oxygen atoms in total. The van der Waals surface area contributed by atoms with E-state index in [2.05, 4.69) is 16.2 Å². The van der Waals surface area contributed by atoms with Crippen LogP contribution in [0.4, 0.5) is 5.82 Å². The van der Waals surface area contributed by atoms with Gasteiger partial charge in [-0.1, -0.05) is 30.9 Å². The largest absolute Gasteiger partial charge is 0.478 e. The van der Waals surface area contributed by atoms with Gasteiger partial charge >= 0.3 is 5.97 Å². The molecule has 0 amide bonds. The summed E-state index contributed by atoms with van der Waals surface area (Å²) in [4.78, 5) is 14.9. The zero-order chi connectivity index (χ0) is 12.8. The number of rotatable bonds is 5. The second-order valence-electron chi connectivity index (χ2n) is 3.49. The van der Waals surface area contributed by atoms with Crippen molar-refractivity contribution in [1.29, 1.82) is 0 Å². The Bertz CT molecular complexity index is 454. The minimum atomic E-state index is -1.07. The number of terminal acetylenes is 1. The third-order valence-electron chi connectivity index (χ3n) is 2.18. The van der Waals surface area contributed by atoms with Crippen LogP contribution in [0.25, 0.3) is 0 Å². The van der Waals surface area contributed by atoms with Gasteiger partial charge in [0.1, 0.15) is 16.5 Å². The summed E-state index contributed by atoms with van der Waals surface area (Å²) in [5.74, 6) is 1.69. The molecule has 0 saturated heterocycles. The zero-order valence-electron chi connectivity index (χ0n) is 9.40. The molecule has 1 rings (SSSR count). The lowest BCUT2D eigenvalue weighted by atomic mass is 10.1. The van der Waals surface area contributed by atoms with Gasteiger partial charge in [0.15, 0.2) is 0 Å². The number of halogens is 1. The van der Waals surface area contributed by atoms with Crippen molar-refractivity contribution in [1.82, 2.24) is 4.98 Å². The molecule has 0 aliphatic carbocycles. The highest BCUT2D eigenvalue weighted by molar-refractivity contribution is 6.29. The number of hydrogen-bond acceptors (Lipinski definition) is 3. The molecule has 17 heavy (non-hydrogen) atoms. The fraction of sp³-hybridized carbons (Fsp3) is 0.333. The number of nitrogens with zero attached hydrogens (tertiary/aromatic N) is 1. The van der Waals surface area contributed by atoms with Crippen molar-refractivity contribution in [3.8, 4) is 12.3 Å². The van der Waals surface area contributed by atoms with E-state index in [4.69, 9.17) is 23.1 Å². The van der Waals surface area contributed by atoms with Gasteiger partial charge in [-0.05, 0) is 18.6 Å². The topological polar surface area (TPSA) is 62.2 Å². The first kappa shape index (κ1) is 13.3. The van der Waals surface area contributed by atoms with Crippen LogP contribution in [0.15, 0.2) is 12.1 Å². The molecule has 5 heteroatoms. The minimum Gasteiger partial charge on any atom is -0.478 e. The fourth-order valence-electron chi connectivity index (χ4n) is 1.37. The Kier molecular flexibility index (Phi) is 4.80. The highest BCUT2D eigenvalue weighted by Gasteiger charge is 2.14. The first-order valence-electron chi connectivity index (χ1n) is 5.21.